The summed E-state index contributed by atoms with van der Waals surface area (Å²) in [6.07, 6.45) is 0. The number of rotatable bonds is 9. The molecular formula is C23H31N3O3. The third-order valence-electron chi connectivity index (χ3n) is 4.93. The first kappa shape index (κ1) is 21.0. The van der Waals surface area contributed by atoms with Gasteiger partial charge in [-0.3, -0.25) is 9.69 Å². The summed E-state index contributed by atoms with van der Waals surface area (Å²) >= 11 is 0. The molecule has 0 spiro atoms. The van der Waals surface area contributed by atoms with Crippen LogP contribution < -0.4 is 19.7 Å². The number of hydrogen-bond donors (Lipinski definition) is 1. The van der Waals surface area contributed by atoms with Crippen molar-refractivity contribution in [2.45, 2.75) is 13.8 Å². The smallest absolute Gasteiger partial charge is 0.234 e. The van der Waals surface area contributed by atoms with Gasteiger partial charge in [-0.15, -0.1) is 0 Å². The Bertz CT molecular complexity index is 788. The van der Waals surface area contributed by atoms with E-state index in [2.05, 4.69) is 21.2 Å². The number of carbonyl (C=O) groups is 1. The maximum Gasteiger partial charge on any atom is 0.234 e. The number of nitrogens with one attached hydrogen (secondary N) is 1. The minimum absolute atomic E-state index is 0.0426. The van der Waals surface area contributed by atoms with Gasteiger partial charge in [-0.05, 0) is 43.7 Å². The van der Waals surface area contributed by atoms with E-state index in [1.54, 1.807) is 0 Å². The Morgan fingerprint density at radius 3 is 2.59 bits per heavy atom. The van der Waals surface area contributed by atoms with Crippen molar-refractivity contribution in [1.29, 1.82) is 0 Å². The van der Waals surface area contributed by atoms with E-state index in [1.807, 2.05) is 56.3 Å². The van der Waals surface area contributed by atoms with Crippen LogP contribution in [0.2, 0.25) is 0 Å². The molecule has 2 aromatic carbocycles. The zero-order valence-corrected chi connectivity index (χ0v) is 17.4. The summed E-state index contributed by atoms with van der Waals surface area (Å²) < 4.78 is 11.4. The fourth-order valence-corrected chi connectivity index (χ4v) is 3.47. The first-order valence-corrected chi connectivity index (χ1v) is 10.3. The number of piperazine rings is 1. The second-order valence-corrected chi connectivity index (χ2v) is 7.18. The van der Waals surface area contributed by atoms with Crippen molar-refractivity contribution in [1.82, 2.24) is 10.2 Å². The Hall–Kier alpha value is -2.73. The van der Waals surface area contributed by atoms with Gasteiger partial charge < -0.3 is 19.7 Å². The highest BCUT2D eigenvalue weighted by Gasteiger charge is 2.21. The largest absolute Gasteiger partial charge is 0.492 e. The van der Waals surface area contributed by atoms with Gasteiger partial charge in [0.1, 0.15) is 18.1 Å². The summed E-state index contributed by atoms with van der Waals surface area (Å²) in [7, 11) is 0. The Morgan fingerprint density at radius 1 is 1.03 bits per heavy atom. The maximum atomic E-state index is 12.2. The fraction of sp³-hybridized carbons (Fsp3) is 0.435. The lowest BCUT2D eigenvalue weighted by molar-refractivity contribution is -0.122. The van der Waals surface area contributed by atoms with Gasteiger partial charge in [0.05, 0.1) is 25.4 Å². The summed E-state index contributed by atoms with van der Waals surface area (Å²) in [5.74, 6) is 1.80. The zero-order valence-electron chi connectivity index (χ0n) is 17.4. The number of benzene rings is 2. The van der Waals surface area contributed by atoms with Gasteiger partial charge in [0.2, 0.25) is 5.91 Å². The van der Waals surface area contributed by atoms with E-state index in [-0.39, 0.29) is 5.91 Å². The van der Waals surface area contributed by atoms with Crippen LogP contribution in [0.25, 0.3) is 0 Å². The van der Waals surface area contributed by atoms with Gasteiger partial charge in [0, 0.05) is 26.2 Å². The Kier molecular flexibility index (Phi) is 7.76. The third kappa shape index (κ3) is 6.39. The minimum atomic E-state index is 0.0426. The molecule has 0 aromatic heterocycles. The Labute approximate surface area is 173 Å². The van der Waals surface area contributed by atoms with E-state index in [0.29, 0.717) is 26.3 Å². The van der Waals surface area contributed by atoms with Crippen molar-refractivity contribution in [3.63, 3.8) is 0 Å². The minimum Gasteiger partial charge on any atom is -0.492 e. The van der Waals surface area contributed by atoms with Gasteiger partial charge in [0.15, 0.2) is 0 Å². The molecule has 3 rings (SSSR count). The molecule has 156 valence electrons. The van der Waals surface area contributed by atoms with Crippen molar-refractivity contribution in [3.8, 4) is 11.5 Å². The molecular weight excluding hydrogens is 366 g/mol. The van der Waals surface area contributed by atoms with E-state index in [9.17, 15) is 4.79 Å². The van der Waals surface area contributed by atoms with Crippen molar-refractivity contribution >= 4 is 11.6 Å². The molecule has 1 heterocycles. The number of anilines is 1. The number of nitrogens with zero attached hydrogens (tertiary/aromatic N) is 2. The van der Waals surface area contributed by atoms with Crippen LogP contribution in [0, 0.1) is 6.92 Å². The molecule has 1 amide bonds. The molecule has 0 aliphatic carbocycles. The molecule has 6 heteroatoms. The van der Waals surface area contributed by atoms with Gasteiger partial charge >= 0.3 is 0 Å². The van der Waals surface area contributed by atoms with Gasteiger partial charge in [0.25, 0.3) is 0 Å². The van der Waals surface area contributed by atoms with Crippen LogP contribution in [-0.2, 0) is 4.79 Å². The predicted molar refractivity (Wildman–Crippen MR) is 116 cm³/mol. The topological polar surface area (TPSA) is 54.0 Å². The maximum absolute atomic E-state index is 12.2. The number of carbonyl (C=O) groups excluding carboxylic acids is 1. The van der Waals surface area contributed by atoms with Crippen molar-refractivity contribution in [3.05, 3.63) is 54.1 Å². The van der Waals surface area contributed by atoms with E-state index in [4.69, 9.17) is 9.47 Å². The first-order valence-electron chi connectivity index (χ1n) is 10.3. The van der Waals surface area contributed by atoms with E-state index in [0.717, 1.165) is 48.9 Å². The standard InChI is InChI=1S/C23H31N3O3/c1-3-28-22-10-5-4-9-21(22)26-14-12-25(13-15-26)18-23(27)24-11-16-29-20-8-6-7-19(2)17-20/h4-10,17H,3,11-16,18H2,1-2H3,(H,24,27). The molecule has 0 radical (unpaired) electrons. The SMILES string of the molecule is CCOc1ccccc1N1CCN(CC(=O)NCCOc2cccc(C)c2)CC1. The van der Waals surface area contributed by atoms with Crippen LogP contribution in [0.15, 0.2) is 48.5 Å². The van der Waals surface area contributed by atoms with Crippen molar-refractivity contribution in [2.24, 2.45) is 0 Å². The second kappa shape index (κ2) is 10.7. The number of ether oxygens (including phenoxy) is 2. The molecule has 0 bridgehead atoms. The lowest BCUT2D eigenvalue weighted by Crippen LogP contribution is -2.49. The predicted octanol–water partition coefficient (Wildman–Crippen LogP) is 2.71. The van der Waals surface area contributed by atoms with Gasteiger partial charge in [-0.2, -0.15) is 0 Å². The third-order valence-corrected chi connectivity index (χ3v) is 4.93. The summed E-state index contributed by atoms with van der Waals surface area (Å²) in [5, 5.41) is 2.94. The number of aryl methyl sites for hydroxylation is 1. The average molecular weight is 398 g/mol. The van der Waals surface area contributed by atoms with Crippen LogP contribution in [-0.4, -0.2) is 63.3 Å². The molecule has 1 N–H and O–H groups in total. The van der Waals surface area contributed by atoms with E-state index >= 15 is 0 Å². The summed E-state index contributed by atoms with van der Waals surface area (Å²) in [6, 6.07) is 16.1. The van der Waals surface area contributed by atoms with Gasteiger partial charge in [-0.25, -0.2) is 0 Å². The van der Waals surface area contributed by atoms with Crippen LogP contribution in [0.4, 0.5) is 5.69 Å². The molecule has 1 saturated heterocycles. The van der Waals surface area contributed by atoms with E-state index < -0.39 is 0 Å². The number of para-hydroxylation sites is 2. The number of hydrogen-bond acceptors (Lipinski definition) is 5. The highest BCUT2D eigenvalue weighted by atomic mass is 16.5. The van der Waals surface area contributed by atoms with Crippen LogP contribution in [0.3, 0.4) is 0 Å². The van der Waals surface area contributed by atoms with Crippen molar-refractivity contribution in [2.75, 3.05) is 57.4 Å². The zero-order chi connectivity index (χ0) is 20.5. The molecule has 0 atom stereocenters. The Morgan fingerprint density at radius 2 is 1.83 bits per heavy atom. The Balaban J connectivity index is 1.36. The average Bonchev–Trinajstić information content (AvgIpc) is 2.73. The highest BCUT2D eigenvalue weighted by molar-refractivity contribution is 5.78. The van der Waals surface area contributed by atoms with Crippen LogP contribution in [0.1, 0.15) is 12.5 Å². The summed E-state index contributed by atoms with van der Waals surface area (Å²) in [6.45, 7) is 9.56. The molecule has 1 fully saturated rings. The molecule has 0 unspecified atom stereocenters. The quantitative estimate of drug-likeness (QED) is 0.660. The molecule has 2 aromatic rings. The van der Waals surface area contributed by atoms with Crippen molar-refractivity contribution < 1.29 is 14.3 Å². The second-order valence-electron chi connectivity index (χ2n) is 7.18. The lowest BCUT2D eigenvalue weighted by atomic mass is 10.2. The van der Waals surface area contributed by atoms with Crippen LogP contribution >= 0.6 is 0 Å². The molecule has 29 heavy (non-hydrogen) atoms. The summed E-state index contributed by atoms with van der Waals surface area (Å²) in [5.41, 5.74) is 2.29. The van der Waals surface area contributed by atoms with Gasteiger partial charge in [-0.1, -0.05) is 24.3 Å². The molecule has 0 saturated carbocycles. The monoisotopic (exact) mass is 397 g/mol. The normalized spacial score (nSPS) is 14.5. The van der Waals surface area contributed by atoms with E-state index in [1.165, 1.54) is 0 Å². The van der Waals surface area contributed by atoms with Crippen LogP contribution in [0.5, 0.6) is 11.5 Å². The first-order chi connectivity index (χ1) is 14.2. The molecule has 1 aliphatic rings. The molecule has 6 nitrogen and oxygen atoms in total. The summed E-state index contributed by atoms with van der Waals surface area (Å²) in [4.78, 5) is 16.7. The highest BCUT2D eigenvalue weighted by Crippen LogP contribution is 2.28. The fourth-order valence-electron chi connectivity index (χ4n) is 3.47. The molecule has 1 aliphatic heterocycles. The lowest BCUT2D eigenvalue weighted by Gasteiger charge is -2.36. The number of amides is 1.